The van der Waals surface area contributed by atoms with Crippen LogP contribution in [0, 0.1) is 0 Å². The number of likely N-dealkylation sites (N-methyl/N-ethyl adjacent to an activating group) is 1. The minimum atomic E-state index is 0.255. The molecule has 4 nitrogen and oxygen atoms in total. The quantitative estimate of drug-likeness (QED) is 0.696. The summed E-state index contributed by atoms with van der Waals surface area (Å²) in [4.78, 5) is 2.34. The molecular formula is C8H13N3O. The summed E-state index contributed by atoms with van der Waals surface area (Å²) in [5.41, 5.74) is 0. The Morgan fingerprint density at radius 3 is 2.92 bits per heavy atom. The molecule has 1 N–H and O–H groups in total. The zero-order valence-electron chi connectivity index (χ0n) is 7.14. The van der Waals surface area contributed by atoms with E-state index in [4.69, 9.17) is 5.11 Å². The first-order valence-electron chi connectivity index (χ1n) is 4.25. The highest BCUT2D eigenvalue weighted by molar-refractivity contribution is 5.09. The van der Waals surface area contributed by atoms with Gasteiger partial charge in [0, 0.05) is 13.1 Å². The van der Waals surface area contributed by atoms with Gasteiger partial charge in [0.1, 0.15) is 0 Å². The third kappa shape index (κ3) is 1.18. The van der Waals surface area contributed by atoms with E-state index in [2.05, 4.69) is 16.9 Å². The van der Waals surface area contributed by atoms with Crippen LogP contribution in [0.2, 0.25) is 0 Å². The van der Waals surface area contributed by atoms with Crippen molar-refractivity contribution in [2.45, 2.75) is 13.0 Å². The Labute approximate surface area is 71.4 Å². The van der Waals surface area contributed by atoms with Crippen LogP contribution in [0.4, 0.5) is 0 Å². The van der Waals surface area contributed by atoms with Gasteiger partial charge in [-0.25, -0.2) is 0 Å². The second kappa shape index (κ2) is 2.79. The maximum absolute atomic E-state index is 9.05. The molecule has 0 bridgehead atoms. The van der Waals surface area contributed by atoms with Crippen molar-refractivity contribution in [2.24, 2.45) is 0 Å². The molecule has 0 radical (unpaired) electrons. The van der Waals surface area contributed by atoms with Gasteiger partial charge in [-0.05, 0) is 6.54 Å². The lowest BCUT2D eigenvalue weighted by Gasteiger charge is -2.38. The summed E-state index contributed by atoms with van der Waals surface area (Å²) in [5.74, 6) is 0.255. The van der Waals surface area contributed by atoms with Gasteiger partial charge in [0.2, 0.25) is 0 Å². The standard InChI is InChI=1S/C8H13N3O/c1-2-10-4-7(5-10)11-6-8(12)3-9-11/h3,6-7,12H,2,4-5H2,1H3. The molecule has 1 fully saturated rings. The van der Waals surface area contributed by atoms with E-state index in [1.54, 1.807) is 6.20 Å². The first-order valence-corrected chi connectivity index (χ1v) is 4.25. The van der Waals surface area contributed by atoms with Crippen molar-refractivity contribution in [3.8, 4) is 5.75 Å². The summed E-state index contributed by atoms with van der Waals surface area (Å²) < 4.78 is 1.83. The maximum atomic E-state index is 9.05. The third-order valence-electron chi connectivity index (χ3n) is 2.35. The largest absolute Gasteiger partial charge is 0.505 e. The Kier molecular flexibility index (Phi) is 1.77. The summed E-state index contributed by atoms with van der Waals surface area (Å²) in [6, 6.07) is 0.464. The number of nitrogens with zero attached hydrogens (tertiary/aromatic N) is 3. The van der Waals surface area contributed by atoms with Crippen LogP contribution in [-0.2, 0) is 0 Å². The number of hydrogen-bond acceptors (Lipinski definition) is 3. The van der Waals surface area contributed by atoms with Crippen molar-refractivity contribution in [3.05, 3.63) is 12.4 Å². The molecule has 0 aliphatic carbocycles. The number of aromatic nitrogens is 2. The van der Waals surface area contributed by atoms with Crippen molar-refractivity contribution in [1.82, 2.24) is 14.7 Å². The molecule has 0 unspecified atom stereocenters. The summed E-state index contributed by atoms with van der Waals surface area (Å²) in [6.07, 6.45) is 3.16. The highest BCUT2D eigenvalue weighted by atomic mass is 16.3. The van der Waals surface area contributed by atoms with E-state index in [0.717, 1.165) is 19.6 Å². The van der Waals surface area contributed by atoms with E-state index in [1.165, 1.54) is 6.20 Å². The molecule has 66 valence electrons. The predicted molar refractivity (Wildman–Crippen MR) is 45.0 cm³/mol. The summed E-state index contributed by atoms with van der Waals surface area (Å²) in [5, 5.41) is 13.1. The fourth-order valence-electron chi connectivity index (χ4n) is 1.50. The van der Waals surface area contributed by atoms with Crippen molar-refractivity contribution >= 4 is 0 Å². The van der Waals surface area contributed by atoms with Crippen LogP contribution < -0.4 is 0 Å². The molecular weight excluding hydrogens is 154 g/mol. The number of likely N-dealkylation sites (tertiary alicyclic amines) is 1. The number of aromatic hydroxyl groups is 1. The Morgan fingerprint density at radius 2 is 2.42 bits per heavy atom. The smallest absolute Gasteiger partial charge is 0.153 e. The molecule has 1 aromatic rings. The van der Waals surface area contributed by atoms with E-state index < -0.39 is 0 Å². The van der Waals surface area contributed by atoms with Crippen LogP contribution in [0.3, 0.4) is 0 Å². The van der Waals surface area contributed by atoms with Crippen LogP contribution in [0.15, 0.2) is 12.4 Å². The van der Waals surface area contributed by atoms with Gasteiger partial charge < -0.3 is 5.11 Å². The van der Waals surface area contributed by atoms with Gasteiger partial charge in [-0.3, -0.25) is 9.58 Å². The fraction of sp³-hybridized carbons (Fsp3) is 0.625. The fourth-order valence-corrected chi connectivity index (χ4v) is 1.50. The van der Waals surface area contributed by atoms with Gasteiger partial charge in [-0.1, -0.05) is 6.92 Å². The molecule has 0 spiro atoms. The first kappa shape index (κ1) is 7.61. The molecule has 1 aromatic heterocycles. The van der Waals surface area contributed by atoms with Crippen molar-refractivity contribution in [1.29, 1.82) is 0 Å². The van der Waals surface area contributed by atoms with Crippen molar-refractivity contribution in [2.75, 3.05) is 19.6 Å². The average molecular weight is 167 g/mol. The van der Waals surface area contributed by atoms with Crippen LogP contribution in [0.25, 0.3) is 0 Å². The lowest BCUT2D eigenvalue weighted by atomic mass is 10.1. The van der Waals surface area contributed by atoms with Gasteiger partial charge >= 0.3 is 0 Å². The van der Waals surface area contributed by atoms with Crippen molar-refractivity contribution in [3.63, 3.8) is 0 Å². The van der Waals surface area contributed by atoms with Gasteiger partial charge in [0.05, 0.1) is 18.4 Å². The topological polar surface area (TPSA) is 41.3 Å². The molecule has 2 heterocycles. The van der Waals surface area contributed by atoms with Crippen LogP contribution in [0.1, 0.15) is 13.0 Å². The van der Waals surface area contributed by atoms with Gasteiger partial charge in [0.25, 0.3) is 0 Å². The van der Waals surface area contributed by atoms with Crippen molar-refractivity contribution < 1.29 is 5.11 Å². The maximum Gasteiger partial charge on any atom is 0.153 e. The normalized spacial score (nSPS) is 19.4. The van der Waals surface area contributed by atoms with E-state index in [9.17, 15) is 0 Å². The zero-order valence-corrected chi connectivity index (χ0v) is 7.14. The Bertz CT molecular complexity index is 265. The Morgan fingerprint density at radius 1 is 1.67 bits per heavy atom. The lowest BCUT2D eigenvalue weighted by molar-refractivity contribution is 0.105. The van der Waals surface area contributed by atoms with Gasteiger partial charge in [0.15, 0.2) is 5.75 Å². The molecule has 0 atom stereocenters. The second-order valence-electron chi connectivity index (χ2n) is 3.18. The minimum Gasteiger partial charge on any atom is -0.505 e. The van der Waals surface area contributed by atoms with Crippen LogP contribution in [0.5, 0.6) is 5.75 Å². The second-order valence-corrected chi connectivity index (χ2v) is 3.18. The molecule has 1 saturated heterocycles. The average Bonchev–Trinajstić information content (AvgIpc) is 2.34. The molecule has 1 aliphatic heterocycles. The monoisotopic (exact) mass is 167 g/mol. The third-order valence-corrected chi connectivity index (χ3v) is 2.35. The highest BCUT2D eigenvalue weighted by Crippen LogP contribution is 2.21. The van der Waals surface area contributed by atoms with Crippen LogP contribution >= 0.6 is 0 Å². The van der Waals surface area contributed by atoms with E-state index in [1.807, 2.05) is 4.68 Å². The molecule has 0 saturated carbocycles. The van der Waals surface area contributed by atoms with E-state index in [-0.39, 0.29) is 5.75 Å². The van der Waals surface area contributed by atoms with Gasteiger partial charge in [-0.2, -0.15) is 5.10 Å². The molecule has 0 aromatic carbocycles. The SMILES string of the molecule is CCN1CC(n2cc(O)cn2)C1. The molecule has 1 aliphatic rings. The molecule has 12 heavy (non-hydrogen) atoms. The highest BCUT2D eigenvalue weighted by Gasteiger charge is 2.26. The molecule has 2 rings (SSSR count). The molecule has 4 heteroatoms. The van der Waals surface area contributed by atoms with Gasteiger partial charge in [-0.15, -0.1) is 0 Å². The lowest BCUT2D eigenvalue weighted by Crippen LogP contribution is -2.47. The predicted octanol–water partition coefficient (Wildman–Crippen LogP) is 0.465. The first-order chi connectivity index (χ1) is 5.79. The van der Waals surface area contributed by atoms with Crippen LogP contribution in [-0.4, -0.2) is 39.4 Å². The summed E-state index contributed by atoms with van der Waals surface area (Å²) in [7, 11) is 0. The zero-order chi connectivity index (χ0) is 8.55. The summed E-state index contributed by atoms with van der Waals surface area (Å²) in [6.45, 7) is 5.36. The minimum absolute atomic E-state index is 0.255. The Hall–Kier alpha value is -1.03. The molecule has 0 amide bonds. The number of hydrogen-bond donors (Lipinski definition) is 1. The Balaban J connectivity index is 1.96. The van der Waals surface area contributed by atoms with E-state index in [0.29, 0.717) is 6.04 Å². The number of rotatable bonds is 2. The summed E-state index contributed by atoms with van der Waals surface area (Å²) >= 11 is 0. The van der Waals surface area contributed by atoms with E-state index >= 15 is 0 Å².